The van der Waals surface area contributed by atoms with Crippen molar-refractivity contribution in [2.75, 3.05) is 23.4 Å². The van der Waals surface area contributed by atoms with Gasteiger partial charge in [0.2, 0.25) is 10.0 Å². The van der Waals surface area contributed by atoms with Crippen molar-refractivity contribution in [3.05, 3.63) is 59.7 Å². The Hall–Kier alpha value is -2.05. The van der Waals surface area contributed by atoms with Crippen LogP contribution >= 0.6 is 0 Å². The summed E-state index contributed by atoms with van der Waals surface area (Å²) >= 11 is 0. The van der Waals surface area contributed by atoms with Gasteiger partial charge in [0.15, 0.2) is 0 Å². The first-order valence-electron chi connectivity index (χ1n) is 7.30. The SMILES string of the molecule is COCc1ccccc1N[C@H](C)c1ccc(NS(C)(=O)=O)cc1. The third kappa shape index (κ3) is 5.26. The molecule has 0 radical (unpaired) electrons. The highest BCUT2D eigenvalue weighted by Crippen LogP contribution is 2.24. The maximum Gasteiger partial charge on any atom is 0.229 e. The van der Waals surface area contributed by atoms with Gasteiger partial charge in [-0.1, -0.05) is 30.3 Å². The average molecular weight is 334 g/mol. The zero-order valence-electron chi connectivity index (χ0n) is 13.5. The molecule has 0 aliphatic heterocycles. The number of hydrogen-bond acceptors (Lipinski definition) is 4. The van der Waals surface area contributed by atoms with Crippen molar-refractivity contribution in [2.45, 2.75) is 19.6 Å². The van der Waals surface area contributed by atoms with Crippen LogP contribution in [0.25, 0.3) is 0 Å². The smallest absolute Gasteiger partial charge is 0.229 e. The lowest BCUT2D eigenvalue weighted by atomic mass is 10.1. The Morgan fingerprint density at radius 2 is 1.74 bits per heavy atom. The van der Waals surface area contributed by atoms with Crippen LogP contribution in [-0.4, -0.2) is 21.8 Å². The lowest BCUT2D eigenvalue weighted by Gasteiger charge is -2.18. The Morgan fingerprint density at radius 3 is 2.35 bits per heavy atom. The lowest BCUT2D eigenvalue weighted by Crippen LogP contribution is -2.11. The van der Waals surface area contributed by atoms with E-state index in [2.05, 4.69) is 17.0 Å². The molecule has 0 aromatic heterocycles. The molecular weight excluding hydrogens is 312 g/mol. The van der Waals surface area contributed by atoms with Crippen LogP contribution in [0.5, 0.6) is 0 Å². The fourth-order valence-corrected chi connectivity index (χ4v) is 2.88. The molecule has 5 nitrogen and oxygen atoms in total. The maximum absolute atomic E-state index is 11.2. The molecule has 0 saturated heterocycles. The van der Waals surface area contributed by atoms with Crippen molar-refractivity contribution in [3.8, 4) is 0 Å². The van der Waals surface area contributed by atoms with Gasteiger partial charge in [-0.05, 0) is 30.7 Å². The molecule has 0 aliphatic carbocycles. The van der Waals surface area contributed by atoms with Gasteiger partial charge < -0.3 is 10.1 Å². The van der Waals surface area contributed by atoms with E-state index in [9.17, 15) is 8.42 Å². The minimum atomic E-state index is -3.25. The molecule has 2 N–H and O–H groups in total. The summed E-state index contributed by atoms with van der Waals surface area (Å²) in [6, 6.07) is 15.4. The molecule has 0 fully saturated rings. The Labute approximate surface area is 137 Å². The molecular formula is C17H22N2O3S. The Bertz CT molecular complexity index is 743. The Kier molecular flexibility index (Phi) is 5.63. The molecule has 2 aromatic rings. The highest BCUT2D eigenvalue weighted by molar-refractivity contribution is 7.92. The van der Waals surface area contributed by atoms with Gasteiger partial charge >= 0.3 is 0 Å². The number of benzene rings is 2. The summed E-state index contributed by atoms with van der Waals surface area (Å²) in [5.41, 5.74) is 3.75. The van der Waals surface area contributed by atoms with Crippen LogP contribution < -0.4 is 10.0 Å². The van der Waals surface area contributed by atoms with Crippen LogP contribution in [-0.2, 0) is 21.4 Å². The monoisotopic (exact) mass is 334 g/mol. The van der Waals surface area contributed by atoms with Gasteiger partial charge in [-0.2, -0.15) is 0 Å². The van der Waals surface area contributed by atoms with Crippen molar-refractivity contribution >= 4 is 21.4 Å². The number of hydrogen-bond donors (Lipinski definition) is 2. The second-order valence-corrected chi connectivity index (χ2v) is 7.20. The summed E-state index contributed by atoms with van der Waals surface area (Å²) < 4.78 is 30.1. The first-order chi connectivity index (χ1) is 10.9. The normalized spacial score (nSPS) is 12.7. The van der Waals surface area contributed by atoms with Crippen molar-refractivity contribution < 1.29 is 13.2 Å². The van der Waals surface area contributed by atoms with Crippen LogP contribution in [0.2, 0.25) is 0 Å². The van der Waals surface area contributed by atoms with E-state index in [0.29, 0.717) is 12.3 Å². The lowest BCUT2D eigenvalue weighted by molar-refractivity contribution is 0.185. The van der Waals surface area contributed by atoms with Gasteiger partial charge in [0.05, 0.1) is 12.9 Å². The molecule has 2 rings (SSSR count). The summed E-state index contributed by atoms with van der Waals surface area (Å²) in [6.45, 7) is 2.61. The zero-order chi connectivity index (χ0) is 16.9. The van der Waals surface area contributed by atoms with Crippen molar-refractivity contribution in [1.82, 2.24) is 0 Å². The fourth-order valence-electron chi connectivity index (χ4n) is 2.31. The number of nitrogens with one attached hydrogen (secondary N) is 2. The summed E-state index contributed by atoms with van der Waals surface area (Å²) in [6.07, 6.45) is 1.14. The van der Waals surface area contributed by atoms with Gasteiger partial charge in [0.25, 0.3) is 0 Å². The van der Waals surface area contributed by atoms with Gasteiger partial charge in [0, 0.05) is 30.1 Å². The number of anilines is 2. The van der Waals surface area contributed by atoms with E-state index in [4.69, 9.17) is 4.74 Å². The maximum atomic E-state index is 11.2. The van der Waals surface area contributed by atoms with E-state index in [1.165, 1.54) is 0 Å². The van der Waals surface area contributed by atoms with E-state index >= 15 is 0 Å². The van der Waals surface area contributed by atoms with Gasteiger partial charge in [-0.25, -0.2) is 8.42 Å². The molecule has 0 unspecified atom stereocenters. The summed E-state index contributed by atoms with van der Waals surface area (Å²) in [5.74, 6) is 0. The molecule has 0 amide bonds. The standard InChI is InChI=1S/C17H22N2O3S/c1-13(18-17-7-5-4-6-15(17)12-22-2)14-8-10-16(11-9-14)19-23(3,20)21/h4-11,13,18-19H,12H2,1-3H3/t13-/m1/s1. The van der Waals surface area contributed by atoms with Crippen LogP contribution in [0.3, 0.4) is 0 Å². The number of ether oxygens (including phenoxy) is 1. The van der Waals surface area contributed by atoms with E-state index in [-0.39, 0.29) is 6.04 Å². The van der Waals surface area contributed by atoms with E-state index < -0.39 is 10.0 Å². The van der Waals surface area contributed by atoms with Crippen molar-refractivity contribution in [1.29, 1.82) is 0 Å². The quantitative estimate of drug-likeness (QED) is 0.814. The van der Waals surface area contributed by atoms with Gasteiger partial charge in [-0.15, -0.1) is 0 Å². The minimum Gasteiger partial charge on any atom is -0.380 e. The van der Waals surface area contributed by atoms with E-state index in [0.717, 1.165) is 23.1 Å². The number of rotatable bonds is 7. The first-order valence-corrected chi connectivity index (χ1v) is 9.19. The Balaban J connectivity index is 2.10. The fraction of sp³-hybridized carbons (Fsp3) is 0.294. The molecule has 1 atom stereocenters. The zero-order valence-corrected chi connectivity index (χ0v) is 14.4. The number of para-hydroxylation sites is 1. The summed E-state index contributed by atoms with van der Waals surface area (Å²) in [4.78, 5) is 0. The predicted molar refractivity (Wildman–Crippen MR) is 94.1 cm³/mol. The summed E-state index contributed by atoms with van der Waals surface area (Å²) in [7, 11) is -1.58. The molecule has 0 aliphatic rings. The van der Waals surface area contributed by atoms with Crippen LogP contribution in [0.1, 0.15) is 24.1 Å². The Morgan fingerprint density at radius 1 is 1.09 bits per heavy atom. The topological polar surface area (TPSA) is 67.4 Å². The summed E-state index contributed by atoms with van der Waals surface area (Å²) in [5, 5.41) is 3.46. The van der Waals surface area contributed by atoms with Crippen molar-refractivity contribution in [3.63, 3.8) is 0 Å². The minimum absolute atomic E-state index is 0.0836. The molecule has 0 saturated carbocycles. The predicted octanol–water partition coefficient (Wildman–Crippen LogP) is 3.38. The third-order valence-corrected chi connectivity index (χ3v) is 4.01. The van der Waals surface area contributed by atoms with E-state index in [1.807, 2.05) is 36.4 Å². The molecule has 2 aromatic carbocycles. The second-order valence-electron chi connectivity index (χ2n) is 5.45. The largest absolute Gasteiger partial charge is 0.380 e. The highest BCUT2D eigenvalue weighted by atomic mass is 32.2. The van der Waals surface area contributed by atoms with Crippen LogP contribution in [0.15, 0.2) is 48.5 Å². The molecule has 0 spiro atoms. The third-order valence-electron chi connectivity index (χ3n) is 3.40. The highest BCUT2D eigenvalue weighted by Gasteiger charge is 2.09. The van der Waals surface area contributed by atoms with E-state index in [1.54, 1.807) is 19.2 Å². The van der Waals surface area contributed by atoms with Gasteiger partial charge in [0.1, 0.15) is 0 Å². The first kappa shape index (κ1) is 17.3. The average Bonchev–Trinajstić information content (AvgIpc) is 2.48. The molecule has 0 bridgehead atoms. The van der Waals surface area contributed by atoms with Gasteiger partial charge in [-0.3, -0.25) is 4.72 Å². The molecule has 6 heteroatoms. The second kappa shape index (κ2) is 7.48. The number of methoxy groups -OCH3 is 1. The number of sulfonamides is 1. The molecule has 124 valence electrons. The van der Waals surface area contributed by atoms with Crippen molar-refractivity contribution in [2.24, 2.45) is 0 Å². The molecule has 23 heavy (non-hydrogen) atoms. The van der Waals surface area contributed by atoms with Crippen LogP contribution in [0.4, 0.5) is 11.4 Å². The molecule has 0 heterocycles. The van der Waals surface area contributed by atoms with Crippen LogP contribution in [0, 0.1) is 0 Å².